The lowest BCUT2D eigenvalue weighted by Gasteiger charge is -2.09. The molecule has 90 valence electrons. The van der Waals surface area contributed by atoms with Gasteiger partial charge >= 0.3 is 0 Å². The minimum atomic E-state index is 0.644. The van der Waals surface area contributed by atoms with Crippen molar-refractivity contribution in [2.24, 2.45) is 0 Å². The van der Waals surface area contributed by atoms with E-state index in [0.29, 0.717) is 5.56 Å². The molecule has 2 rings (SSSR count). The van der Waals surface area contributed by atoms with Crippen molar-refractivity contribution in [3.05, 3.63) is 53.6 Å². The summed E-state index contributed by atoms with van der Waals surface area (Å²) >= 11 is 0. The molecule has 0 heterocycles. The van der Waals surface area contributed by atoms with E-state index in [1.54, 1.807) is 7.11 Å². The van der Waals surface area contributed by atoms with Crippen molar-refractivity contribution in [1.82, 2.24) is 0 Å². The van der Waals surface area contributed by atoms with Crippen molar-refractivity contribution in [3.63, 3.8) is 0 Å². The van der Waals surface area contributed by atoms with E-state index in [1.807, 2.05) is 49.4 Å². The maximum atomic E-state index is 9.09. The molecule has 0 unspecified atom stereocenters. The molecular weight excluding hydrogens is 224 g/mol. The summed E-state index contributed by atoms with van der Waals surface area (Å²) in [6, 6.07) is 15.5. The number of hydrogen-bond donors (Lipinski definition) is 1. The van der Waals surface area contributed by atoms with Gasteiger partial charge in [-0.1, -0.05) is 6.07 Å². The molecule has 3 nitrogen and oxygen atoms in total. The molecule has 1 N–H and O–H groups in total. The molecule has 0 aliphatic rings. The highest BCUT2D eigenvalue weighted by Gasteiger charge is 2.02. The molecule has 0 saturated heterocycles. The molecule has 0 radical (unpaired) electrons. The van der Waals surface area contributed by atoms with Crippen molar-refractivity contribution < 1.29 is 4.74 Å². The second-order valence-corrected chi connectivity index (χ2v) is 4.01. The van der Waals surface area contributed by atoms with Crippen molar-refractivity contribution in [2.45, 2.75) is 6.92 Å². The van der Waals surface area contributed by atoms with Crippen LogP contribution in [0.15, 0.2) is 42.5 Å². The molecule has 0 fully saturated rings. The smallest absolute Gasteiger partial charge is 0.119 e. The van der Waals surface area contributed by atoms with Crippen LogP contribution in [0.3, 0.4) is 0 Å². The SMILES string of the molecule is COc1ccc(Nc2ccc(C)cc2C#N)cc1. The van der Waals surface area contributed by atoms with E-state index >= 15 is 0 Å². The van der Waals surface area contributed by atoms with Gasteiger partial charge in [-0.2, -0.15) is 5.26 Å². The van der Waals surface area contributed by atoms with Gasteiger partial charge in [0.1, 0.15) is 11.8 Å². The zero-order chi connectivity index (χ0) is 13.0. The molecule has 0 saturated carbocycles. The number of benzene rings is 2. The maximum Gasteiger partial charge on any atom is 0.119 e. The van der Waals surface area contributed by atoms with Crippen LogP contribution in [0.2, 0.25) is 0 Å². The Morgan fingerprint density at radius 3 is 2.44 bits per heavy atom. The van der Waals surface area contributed by atoms with Crippen LogP contribution in [0, 0.1) is 18.3 Å². The number of rotatable bonds is 3. The van der Waals surface area contributed by atoms with Gasteiger partial charge in [-0.25, -0.2) is 0 Å². The fraction of sp³-hybridized carbons (Fsp3) is 0.133. The lowest BCUT2D eigenvalue weighted by molar-refractivity contribution is 0.415. The Bertz CT molecular complexity index is 582. The van der Waals surface area contributed by atoms with Crippen molar-refractivity contribution >= 4 is 11.4 Å². The van der Waals surface area contributed by atoms with Crippen LogP contribution in [-0.2, 0) is 0 Å². The number of nitrogens with one attached hydrogen (secondary N) is 1. The Morgan fingerprint density at radius 2 is 1.83 bits per heavy atom. The van der Waals surface area contributed by atoms with Crippen LogP contribution in [0.25, 0.3) is 0 Å². The van der Waals surface area contributed by atoms with E-state index in [0.717, 1.165) is 22.7 Å². The lowest BCUT2D eigenvalue weighted by atomic mass is 10.1. The number of aryl methyl sites for hydroxylation is 1. The topological polar surface area (TPSA) is 45.0 Å². The molecule has 3 heteroatoms. The molecule has 0 aliphatic carbocycles. The number of nitrogens with zero attached hydrogens (tertiary/aromatic N) is 1. The summed E-state index contributed by atoms with van der Waals surface area (Å²) in [7, 11) is 1.64. The van der Waals surface area contributed by atoms with Crippen LogP contribution < -0.4 is 10.1 Å². The van der Waals surface area contributed by atoms with E-state index in [4.69, 9.17) is 10.00 Å². The molecule has 0 bridgehead atoms. The molecule has 2 aromatic rings. The third-order valence-electron chi connectivity index (χ3n) is 2.66. The number of methoxy groups -OCH3 is 1. The zero-order valence-corrected chi connectivity index (χ0v) is 10.4. The molecule has 0 aromatic heterocycles. The third-order valence-corrected chi connectivity index (χ3v) is 2.66. The van der Waals surface area contributed by atoms with Crippen LogP contribution in [-0.4, -0.2) is 7.11 Å². The molecule has 18 heavy (non-hydrogen) atoms. The Hall–Kier alpha value is -2.47. The largest absolute Gasteiger partial charge is 0.497 e. The van der Waals surface area contributed by atoms with Gasteiger partial charge in [0.05, 0.1) is 18.4 Å². The van der Waals surface area contributed by atoms with E-state index in [1.165, 1.54) is 0 Å². The molecular formula is C15H14N2O. The number of ether oxygens (including phenoxy) is 1. The molecule has 0 amide bonds. The Kier molecular flexibility index (Phi) is 3.49. The van der Waals surface area contributed by atoms with E-state index < -0.39 is 0 Å². The first-order valence-electron chi connectivity index (χ1n) is 5.65. The summed E-state index contributed by atoms with van der Waals surface area (Å²) in [4.78, 5) is 0. The fourth-order valence-electron chi connectivity index (χ4n) is 1.69. The molecule has 0 aliphatic heterocycles. The summed E-state index contributed by atoms with van der Waals surface area (Å²) in [6.07, 6.45) is 0. The van der Waals surface area contributed by atoms with Crippen LogP contribution in [0.4, 0.5) is 11.4 Å². The van der Waals surface area contributed by atoms with Gasteiger partial charge in [0.15, 0.2) is 0 Å². The van der Waals surface area contributed by atoms with Gasteiger partial charge in [-0.15, -0.1) is 0 Å². The fourth-order valence-corrected chi connectivity index (χ4v) is 1.69. The zero-order valence-electron chi connectivity index (χ0n) is 10.4. The number of anilines is 2. The summed E-state index contributed by atoms with van der Waals surface area (Å²) in [5.74, 6) is 0.810. The molecule has 0 spiro atoms. The Balaban J connectivity index is 2.25. The summed E-state index contributed by atoms with van der Waals surface area (Å²) in [5.41, 5.74) is 3.46. The highest BCUT2D eigenvalue weighted by atomic mass is 16.5. The van der Waals surface area contributed by atoms with Crippen LogP contribution in [0.1, 0.15) is 11.1 Å². The first kappa shape index (κ1) is 12.0. The first-order chi connectivity index (χ1) is 8.72. The minimum absolute atomic E-state index is 0.644. The van der Waals surface area contributed by atoms with Crippen molar-refractivity contribution in [2.75, 3.05) is 12.4 Å². The Morgan fingerprint density at radius 1 is 1.11 bits per heavy atom. The van der Waals surface area contributed by atoms with Gasteiger partial charge in [-0.3, -0.25) is 0 Å². The second kappa shape index (κ2) is 5.24. The summed E-state index contributed by atoms with van der Waals surface area (Å²) in [5, 5.41) is 12.3. The third kappa shape index (κ3) is 2.61. The highest BCUT2D eigenvalue weighted by molar-refractivity contribution is 5.67. The average Bonchev–Trinajstić information content (AvgIpc) is 2.41. The van der Waals surface area contributed by atoms with E-state index in [9.17, 15) is 0 Å². The first-order valence-corrected chi connectivity index (χ1v) is 5.65. The van der Waals surface area contributed by atoms with Gasteiger partial charge in [0.25, 0.3) is 0 Å². The Labute approximate surface area is 107 Å². The van der Waals surface area contributed by atoms with E-state index in [-0.39, 0.29) is 0 Å². The van der Waals surface area contributed by atoms with Gasteiger partial charge in [0, 0.05) is 5.69 Å². The van der Waals surface area contributed by atoms with Gasteiger partial charge < -0.3 is 10.1 Å². The van der Waals surface area contributed by atoms with Gasteiger partial charge in [0.2, 0.25) is 0 Å². The summed E-state index contributed by atoms with van der Waals surface area (Å²) < 4.78 is 5.10. The van der Waals surface area contributed by atoms with Crippen LogP contribution in [0.5, 0.6) is 5.75 Å². The maximum absolute atomic E-state index is 9.09. The monoisotopic (exact) mass is 238 g/mol. The predicted octanol–water partition coefficient (Wildman–Crippen LogP) is 3.62. The van der Waals surface area contributed by atoms with Crippen LogP contribution >= 0.6 is 0 Å². The van der Waals surface area contributed by atoms with Crippen molar-refractivity contribution in [1.29, 1.82) is 5.26 Å². The predicted molar refractivity (Wildman–Crippen MR) is 72.2 cm³/mol. The van der Waals surface area contributed by atoms with Gasteiger partial charge in [-0.05, 0) is 48.9 Å². The standard InChI is InChI=1S/C15H14N2O/c1-11-3-8-15(12(9-11)10-16)17-13-4-6-14(18-2)7-5-13/h3-9,17H,1-2H3. The molecule has 0 atom stereocenters. The quantitative estimate of drug-likeness (QED) is 0.888. The lowest BCUT2D eigenvalue weighted by Crippen LogP contribution is -1.94. The van der Waals surface area contributed by atoms with E-state index in [2.05, 4.69) is 11.4 Å². The highest BCUT2D eigenvalue weighted by Crippen LogP contribution is 2.23. The average molecular weight is 238 g/mol. The normalized spacial score (nSPS) is 9.61. The van der Waals surface area contributed by atoms with Crippen molar-refractivity contribution in [3.8, 4) is 11.8 Å². The second-order valence-electron chi connectivity index (χ2n) is 4.01. The summed E-state index contributed by atoms with van der Waals surface area (Å²) in [6.45, 7) is 1.97. The number of hydrogen-bond acceptors (Lipinski definition) is 3. The minimum Gasteiger partial charge on any atom is -0.497 e. The molecule has 2 aromatic carbocycles. The number of nitriles is 1.